The number of ether oxygens (including phenoxy) is 2. The Morgan fingerprint density at radius 1 is 0.957 bits per heavy atom. The monoisotopic (exact) mass is 320 g/mol. The van der Waals surface area contributed by atoms with Crippen molar-refractivity contribution in [3.8, 4) is 0 Å². The molecule has 0 N–H and O–H groups in total. The van der Waals surface area contributed by atoms with Gasteiger partial charge in [-0.25, -0.2) is 4.79 Å². The van der Waals surface area contributed by atoms with Crippen molar-refractivity contribution in [3.63, 3.8) is 0 Å². The molecule has 0 amide bonds. The second-order valence-corrected chi connectivity index (χ2v) is 6.67. The highest BCUT2D eigenvalue weighted by atomic mass is 16.7. The molecule has 0 aromatic heterocycles. The van der Waals surface area contributed by atoms with Crippen LogP contribution in [0.25, 0.3) is 0 Å². The third-order valence-electron chi connectivity index (χ3n) is 2.90. The molecule has 3 heteroatoms. The van der Waals surface area contributed by atoms with Gasteiger partial charge in [0.15, 0.2) is 0 Å². The van der Waals surface area contributed by atoms with Gasteiger partial charge in [-0.3, -0.25) is 0 Å². The van der Waals surface area contributed by atoms with Crippen LogP contribution in [-0.4, -0.2) is 12.8 Å². The Hall–Kier alpha value is -1.77. The topological polar surface area (TPSA) is 35.5 Å². The van der Waals surface area contributed by atoms with E-state index in [-0.39, 0.29) is 5.41 Å². The molecule has 0 spiro atoms. The minimum atomic E-state index is -0.646. The summed E-state index contributed by atoms with van der Waals surface area (Å²) in [4.78, 5) is 11.6. The standard InChI is InChI=1S/C20H32O3/c1-7-8-9-10-11-12-13-14-15-17(2)18(3)23-19(21)22-16-20(4,5)6/h8-9,11-12,14-15H,7,10,13,16H2,1-6H3/b9-8-,12-11-,15-14-,18-17+. The van der Waals surface area contributed by atoms with Gasteiger partial charge in [0.1, 0.15) is 5.76 Å². The second kappa shape index (κ2) is 11.8. The van der Waals surface area contributed by atoms with Crippen molar-refractivity contribution in [2.45, 2.75) is 60.8 Å². The van der Waals surface area contributed by atoms with Crippen LogP contribution in [0.1, 0.15) is 60.8 Å². The molecule has 0 fully saturated rings. The third-order valence-corrected chi connectivity index (χ3v) is 2.90. The summed E-state index contributed by atoms with van der Waals surface area (Å²) in [7, 11) is 0. The molecule has 0 bridgehead atoms. The van der Waals surface area contributed by atoms with E-state index in [0.717, 1.165) is 24.8 Å². The van der Waals surface area contributed by atoms with Gasteiger partial charge in [-0.15, -0.1) is 0 Å². The van der Waals surface area contributed by atoms with Gasteiger partial charge in [0.25, 0.3) is 0 Å². The molecule has 0 aliphatic rings. The smallest absolute Gasteiger partial charge is 0.433 e. The summed E-state index contributed by atoms with van der Waals surface area (Å²) in [5, 5.41) is 0. The zero-order valence-electron chi connectivity index (χ0n) is 15.5. The second-order valence-electron chi connectivity index (χ2n) is 6.67. The van der Waals surface area contributed by atoms with Crippen molar-refractivity contribution in [2.75, 3.05) is 6.61 Å². The maximum Gasteiger partial charge on any atom is 0.513 e. The van der Waals surface area contributed by atoms with Gasteiger partial charge in [0, 0.05) is 0 Å². The van der Waals surface area contributed by atoms with Crippen molar-refractivity contribution in [1.82, 2.24) is 0 Å². The summed E-state index contributed by atoms with van der Waals surface area (Å²) in [5.41, 5.74) is 0.849. The summed E-state index contributed by atoms with van der Waals surface area (Å²) >= 11 is 0. The summed E-state index contributed by atoms with van der Waals surface area (Å²) in [6, 6.07) is 0. The van der Waals surface area contributed by atoms with Crippen molar-refractivity contribution in [3.05, 3.63) is 47.8 Å². The summed E-state index contributed by atoms with van der Waals surface area (Å²) in [6.45, 7) is 12.2. The predicted octanol–water partition coefficient (Wildman–Crippen LogP) is 6.34. The minimum absolute atomic E-state index is 0.0652. The van der Waals surface area contributed by atoms with Crippen molar-refractivity contribution in [1.29, 1.82) is 0 Å². The number of carbonyl (C=O) groups excluding carboxylic acids is 1. The molecule has 23 heavy (non-hydrogen) atoms. The Morgan fingerprint density at radius 3 is 2.09 bits per heavy atom. The van der Waals surface area contributed by atoms with Crippen LogP contribution in [-0.2, 0) is 9.47 Å². The lowest BCUT2D eigenvalue weighted by molar-refractivity contribution is 0.0506. The van der Waals surface area contributed by atoms with Gasteiger partial charge in [-0.05, 0) is 44.1 Å². The molecular formula is C20H32O3. The lowest BCUT2D eigenvalue weighted by atomic mass is 9.99. The molecule has 0 aliphatic heterocycles. The first-order valence-corrected chi connectivity index (χ1v) is 8.25. The quantitative estimate of drug-likeness (QED) is 0.226. The summed E-state index contributed by atoms with van der Waals surface area (Å²) in [6.07, 6.45) is 14.8. The fraction of sp³-hybridized carbons (Fsp3) is 0.550. The van der Waals surface area contributed by atoms with Crippen molar-refractivity contribution >= 4 is 6.16 Å². The van der Waals surface area contributed by atoms with Crippen LogP contribution in [0.4, 0.5) is 4.79 Å². The Balaban J connectivity index is 4.21. The van der Waals surface area contributed by atoms with Crippen LogP contribution in [0.15, 0.2) is 47.8 Å². The van der Waals surface area contributed by atoms with Crippen LogP contribution >= 0.6 is 0 Å². The van der Waals surface area contributed by atoms with Gasteiger partial charge in [-0.1, -0.05) is 64.2 Å². The highest BCUT2D eigenvalue weighted by Crippen LogP contribution is 2.14. The Bertz CT molecular complexity index is 460. The van der Waals surface area contributed by atoms with Crippen LogP contribution < -0.4 is 0 Å². The molecule has 0 atom stereocenters. The lowest BCUT2D eigenvalue weighted by Crippen LogP contribution is -2.18. The molecule has 0 aliphatic carbocycles. The van der Waals surface area contributed by atoms with E-state index in [2.05, 4.69) is 31.2 Å². The van der Waals surface area contributed by atoms with Gasteiger partial charge < -0.3 is 9.47 Å². The van der Waals surface area contributed by atoms with E-state index in [1.165, 1.54) is 0 Å². The molecule has 0 rings (SSSR count). The zero-order chi connectivity index (χ0) is 17.7. The van der Waals surface area contributed by atoms with E-state index in [1.807, 2.05) is 39.8 Å². The van der Waals surface area contributed by atoms with Crippen LogP contribution in [0.3, 0.4) is 0 Å². The van der Waals surface area contributed by atoms with Crippen molar-refractivity contribution in [2.24, 2.45) is 5.41 Å². The molecule has 130 valence electrons. The highest BCUT2D eigenvalue weighted by molar-refractivity contribution is 5.61. The Kier molecular flexibility index (Phi) is 10.8. The third kappa shape index (κ3) is 13.6. The van der Waals surface area contributed by atoms with Gasteiger partial charge in [-0.2, -0.15) is 0 Å². The van der Waals surface area contributed by atoms with Gasteiger partial charge >= 0.3 is 6.16 Å². The highest BCUT2D eigenvalue weighted by Gasteiger charge is 2.15. The first-order valence-electron chi connectivity index (χ1n) is 8.25. The lowest BCUT2D eigenvalue weighted by Gasteiger charge is -2.17. The first kappa shape index (κ1) is 21.2. The molecule has 0 unspecified atom stereocenters. The van der Waals surface area contributed by atoms with Crippen LogP contribution in [0.2, 0.25) is 0 Å². The van der Waals surface area contributed by atoms with Gasteiger partial charge in [0.05, 0.1) is 6.61 Å². The van der Waals surface area contributed by atoms with Crippen LogP contribution in [0, 0.1) is 5.41 Å². The average molecular weight is 320 g/mol. The normalized spacial score (nSPS) is 13.8. The molecule has 0 aromatic carbocycles. The number of hydrogen-bond acceptors (Lipinski definition) is 3. The van der Waals surface area contributed by atoms with E-state index in [9.17, 15) is 4.79 Å². The van der Waals surface area contributed by atoms with Gasteiger partial charge in [0.2, 0.25) is 0 Å². The first-order chi connectivity index (χ1) is 10.8. The number of allylic oxidation sites excluding steroid dienone is 8. The zero-order valence-corrected chi connectivity index (χ0v) is 15.5. The molecule has 0 saturated carbocycles. The fourth-order valence-electron chi connectivity index (χ4n) is 1.49. The van der Waals surface area contributed by atoms with E-state index in [4.69, 9.17) is 9.47 Å². The average Bonchev–Trinajstić information content (AvgIpc) is 2.47. The molecule has 0 aromatic rings. The summed E-state index contributed by atoms with van der Waals surface area (Å²) < 4.78 is 10.3. The number of rotatable bonds is 8. The fourth-order valence-corrected chi connectivity index (χ4v) is 1.49. The molecular weight excluding hydrogens is 288 g/mol. The summed E-state index contributed by atoms with van der Waals surface area (Å²) in [5.74, 6) is 0.565. The van der Waals surface area contributed by atoms with E-state index >= 15 is 0 Å². The van der Waals surface area contributed by atoms with Crippen molar-refractivity contribution < 1.29 is 14.3 Å². The van der Waals surface area contributed by atoms with E-state index in [0.29, 0.717) is 12.4 Å². The maximum absolute atomic E-state index is 11.6. The Labute approximate surface area is 141 Å². The molecule has 3 nitrogen and oxygen atoms in total. The largest absolute Gasteiger partial charge is 0.513 e. The predicted molar refractivity (Wildman–Crippen MR) is 97.2 cm³/mol. The van der Waals surface area contributed by atoms with E-state index in [1.54, 1.807) is 6.92 Å². The molecule has 0 radical (unpaired) electrons. The maximum atomic E-state index is 11.6. The Morgan fingerprint density at radius 2 is 1.52 bits per heavy atom. The molecule has 0 heterocycles. The number of carbonyl (C=O) groups is 1. The number of hydrogen-bond donors (Lipinski definition) is 0. The van der Waals surface area contributed by atoms with E-state index < -0.39 is 6.16 Å². The minimum Gasteiger partial charge on any atom is -0.433 e. The molecule has 0 saturated heterocycles. The van der Waals surface area contributed by atoms with Crippen LogP contribution in [0.5, 0.6) is 0 Å². The SMILES string of the molecule is CC/C=C\C/C=C\C/C=C\C(C)=C(/C)OC(=O)OCC(C)(C)C.